The first-order valence-electron chi connectivity index (χ1n) is 8.03. The van der Waals surface area contributed by atoms with Crippen molar-refractivity contribution >= 4 is 23.0 Å². The van der Waals surface area contributed by atoms with E-state index >= 15 is 0 Å². The molecule has 0 atom stereocenters. The second-order valence-corrected chi connectivity index (χ2v) is 6.13. The Labute approximate surface area is 130 Å². The number of anilines is 1. The zero-order valence-electron chi connectivity index (χ0n) is 13.3. The number of carbonyl (C=O) groups excluding carboxylic acids is 1. The summed E-state index contributed by atoms with van der Waals surface area (Å²) in [6, 6.07) is 6.27. The first-order valence-corrected chi connectivity index (χ1v) is 8.03. The highest BCUT2D eigenvalue weighted by Crippen LogP contribution is 2.29. The van der Waals surface area contributed by atoms with E-state index in [-0.39, 0.29) is 5.69 Å². The number of rotatable bonds is 6. The molecule has 0 unspecified atom stereocenters. The number of hydrogen-bond donors (Lipinski definition) is 0. The lowest BCUT2D eigenvalue weighted by Crippen LogP contribution is -2.46. The van der Waals surface area contributed by atoms with Gasteiger partial charge in [0.1, 0.15) is 6.29 Å². The van der Waals surface area contributed by atoms with Gasteiger partial charge in [-0.1, -0.05) is 0 Å². The molecule has 1 fully saturated rings. The lowest BCUT2D eigenvalue weighted by atomic mass is 9.93. The van der Waals surface area contributed by atoms with Crippen molar-refractivity contribution in [1.82, 2.24) is 9.13 Å². The number of benzene rings is 1. The van der Waals surface area contributed by atoms with Crippen LogP contribution in [0.5, 0.6) is 0 Å². The third-order valence-corrected chi connectivity index (χ3v) is 4.70. The van der Waals surface area contributed by atoms with E-state index in [0.717, 1.165) is 43.3 Å². The van der Waals surface area contributed by atoms with Crippen LogP contribution in [-0.2, 0) is 18.4 Å². The van der Waals surface area contributed by atoms with Crippen molar-refractivity contribution in [2.24, 2.45) is 13.0 Å². The molecule has 1 saturated heterocycles. The Kier molecular flexibility index (Phi) is 4.05. The summed E-state index contributed by atoms with van der Waals surface area (Å²) in [5.74, 6) is 0.694. The van der Waals surface area contributed by atoms with Crippen molar-refractivity contribution in [3.8, 4) is 0 Å². The average molecular weight is 301 g/mol. The summed E-state index contributed by atoms with van der Waals surface area (Å²) >= 11 is 0. The van der Waals surface area contributed by atoms with Gasteiger partial charge in [0.15, 0.2) is 0 Å². The summed E-state index contributed by atoms with van der Waals surface area (Å²) in [7, 11) is 1.83. The lowest BCUT2D eigenvalue weighted by molar-refractivity contribution is -0.108. The molecule has 3 rings (SSSR count). The van der Waals surface area contributed by atoms with Crippen LogP contribution in [0.2, 0.25) is 0 Å². The Bertz CT molecular complexity index is 738. The van der Waals surface area contributed by atoms with Crippen LogP contribution in [0.3, 0.4) is 0 Å². The third-order valence-electron chi connectivity index (χ3n) is 4.70. The Morgan fingerprint density at radius 2 is 2.05 bits per heavy atom. The standard InChI is InChI=1S/C17H23N3O2/c1-3-20-15-8-7-14(10-16(15)18(2)17(20)22)19-11-13(12-19)6-4-5-9-21/h7-10,13H,3-6,11-12H2,1-2H3. The van der Waals surface area contributed by atoms with Gasteiger partial charge in [0.05, 0.1) is 11.0 Å². The van der Waals surface area contributed by atoms with Crippen molar-refractivity contribution in [2.45, 2.75) is 32.7 Å². The van der Waals surface area contributed by atoms with Gasteiger partial charge in [0.25, 0.3) is 0 Å². The van der Waals surface area contributed by atoms with E-state index < -0.39 is 0 Å². The van der Waals surface area contributed by atoms with E-state index in [1.165, 1.54) is 5.69 Å². The Morgan fingerprint density at radius 3 is 2.73 bits per heavy atom. The fourth-order valence-corrected chi connectivity index (χ4v) is 3.35. The number of unbranched alkanes of at least 4 members (excludes halogenated alkanes) is 1. The van der Waals surface area contributed by atoms with Crippen molar-refractivity contribution < 1.29 is 4.79 Å². The van der Waals surface area contributed by atoms with E-state index in [4.69, 9.17) is 0 Å². The van der Waals surface area contributed by atoms with Crippen LogP contribution in [-0.4, -0.2) is 28.5 Å². The zero-order chi connectivity index (χ0) is 15.7. The Hall–Kier alpha value is -2.04. The van der Waals surface area contributed by atoms with Gasteiger partial charge < -0.3 is 9.69 Å². The van der Waals surface area contributed by atoms with Crippen molar-refractivity contribution in [3.05, 3.63) is 28.7 Å². The SMILES string of the molecule is CCn1c(=O)n(C)c2cc(N3CC(CCCC=O)C3)ccc21. The zero-order valence-corrected chi connectivity index (χ0v) is 13.3. The second-order valence-electron chi connectivity index (χ2n) is 6.13. The van der Waals surface area contributed by atoms with Crippen LogP contribution in [0.15, 0.2) is 23.0 Å². The van der Waals surface area contributed by atoms with E-state index in [2.05, 4.69) is 23.1 Å². The maximum absolute atomic E-state index is 12.2. The minimum absolute atomic E-state index is 0.0463. The lowest BCUT2D eigenvalue weighted by Gasteiger charge is -2.41. The smallest absolute Gasteiger partial charge is 0.328 e. The molecule has 0 amide bonds. The molecule has 1 aromatic heterocycles. The number of aryl methyl sites for hydroxylation is 2. The predicted molar refractivity (Wildman–Crippen MR) is 88.5 cm³/mol. The van der Waals surface area contributed by atoms with E-state index in [1.807, 2.05) is 14.0 Å². The highest BCUT2D eigenvalue weighted by atomic mass is 16.1. The van der Waals surface area contributed by atoms with E-state index in [0.29, 0.717) is 18.9 Å². The molecule has 0 saturated carbocycles. The van der Waals surface area contributed by atoms with Crippen LogP contribution >= 0.6 is 0 Å². The van der Waals surface area contributed by atoms with Gasteiger partial charge in [-0.15, -0.1) is 0 Å². The molecule has 118 valence electrons. The first kappa shape index (κ1) is 14.9. The first-order chi connectivity index (χ1) is 10.7. The molecule has 5 nitrogen and oxygen atoms in total. The highest BCUT2D eigenvalue weighted by Gasteiger charge is 2.26. The van der Waals surface area contributed by atoms with Crippen molar-refractivity contribution in [3.63, 3.8) is 0 Å². The maximum Gasteiger partial charge on any atom is 0.328 e. The van der Waals surface area contributed by atoms with Gasteiger partial charge in [-0.2, -0.15) is 0 Å². The number of imidazole rings is 1. The van der Waals surface area contributed by atoms with Crippen LogP contribution in [0.25, 0.3) is 11.0 Å². The molecule has 0 aliphatic carbocycles. The number of aldehydes is 1. The average Bonchev–Trinajstić information content (AvgIpc) is 2.73. The molecule has 2 heterocycles. The number of carbonyl (C=O) groups is 1. The third kappa shape index (κ3) is 2.45. The molecule has 0 N–H and O–H groups in total. The minimum atomic E-state index is 0.0463. The van der Waals surface area contributed by atoms with Gasteiger partial charge in [-0.05, 0) is 43.9 Å². The molecular weight excluding hydrogens is 278 g/mol. The number of aromatic nitrogens is 2. The van der Waals surface area contributed by atoms with Crippen LogP contribution < -0.4 is 10.6 Å². The summed E-state index contributed by atoms with van der Waals surface area (Å²) in [6.45, 7) is 4.78. The quantitative estimate of drug-likeness (QED) is 0.607. The number of fused-ring (bicyclic) bond motifs is 1. The van der Waals surface area contributed by atoms with E-state index in [9.17, 15) is 9.59 Å². The largest absolute Gasteiger partial charge is 0.371 e. The van der Waals surface area contributed by atoms with Crippen LogP contribution in [0.4, 0.5) is 5.69 Å². The van der Waals surface area contributed by atoms with Crippen molar-refractivity contribution in [2.75, 3.05) is 18.0 Å². The molecular formula is C17H23N3O2. The fourth-order valence-electron chi connectivity index (χ4n) is 3.35. The summed E-state index contributed by atoms with van der Waals surface area (Å²) in [4.78, 5) is 24.9. The number of hydrogen-bond acceptors (Lipinski definition) is 3. The van der Waals surface area contributed by atoms with Gasteiger partial charge in [0.2, 0.25) is 0 Å². The second kappa shape index (κ2) is 5.99. The van der Waals surface area contributed by atoms with Gasteiger partial charge in [-0.3, -0.25) is 9.13 Å². The van der Waals surface area contributed by atoms with Gasteiger partial charge in [0, 0.05) is 38.8 Å². The van der Waals surface area contributed by atoms with Crippen LogP contribution in [0, 0.1) is 5.92 Å². The molecule has 1 aliphatic heterocycles. The monoisotopic (exact) mass is 301 g/mol. The normalized spacial score (nSPS) is 15.3. The van der Waals surface area contributed by atoms with Gasteiger partial charge in [-0.25, -0.2) is 4.79 Å². The van der Waals surface area contributed by atoms with E-state index in [1.54, 1.807) is 9.13 Å². The molecule has 2 aromatic rings. The number of nitrogens with zero attached hydrogens (tertiary/aromatic N) is 3. The minimum Gasteiger partial charge on any atom is -0.371 e. The maximum atomic E-state index is 12.2. The molecule has 0 radical (unpaired) electrons. The molecule has 1 aliphatic rings. The Balaban J connectivity index is 1.76. The summed E-state index contributed by atoms with van der Waals surface area (Å²) in [6.07, 6.45) is 3.80. The molecule has 1 aromatic carbocycles. The van der Waals surface area contributed by atoms with Crippen molar-refractivity contribution in [1.29, 1.82) is 0 Å². The molecule has 22 heavy (non-hydrogen) atoms. The fraction of sp³-hybridized carbons (Fsp3) is 0.529. The summed E-state index contributed by atoms with van der Waals surface area (Å²) in [5.41, 5.74) is 3.23. The summed E-state index contributed by atoms with van der Waals surface area (Å²) < 4.78 is 3.53. The summed E-state index contributed by atoms with van der Waals surface area (Å²) in [5, 5.41) is 0. The Morgan fingerprint density at radius 1 is 1.27 bits per heavy atom. The molecule has 0 spiro atoms. The molecule has 5 heteroatoms. The highest BCUT2D eigenvalue weighted by molar-refractivity contribution is 5.80. The van der Waals surface area contributed by atoms with Gasteiger partial charge >= 0.3 is 5.69 Å². The molecule has 0 bridgehead atoms. The predicted octanol–water partition coefficient (Wildman–Crippen LogP) is 2.17. The van der Waals surface area contributed by atoms with Crippen LogP contribution in [0.1, 0.15) is 26.2 Å². The topological polar surface area (TPSA) is 47.2 Å².